The molecule has 1 aliphatic heterocycles. The number of hydrogen-bond donors (Lipinski definition) is 1. The Morgan fingerprint density at radius 1 is 1.62 bits per heavy atom. The Morgan fingerprint density at radius 3 is 3.19 bits per heavy atom. The second-order valence-electron chi connectivity index (χ2n) is 4.84. The lowest BCUT2D eigenvalue weighted by molar-refractivity contribution is -0.146. The van der Waals surface area contributed by atoms with Crippen LogP contribution in [0.1, 0.15) is 12.3 Å². The first-order chi connectivity index (χ1) is 10.2. The van der Waals surface area contributed by atoms with E-state index >= 15 is 0 Å². The summed E-state index contributed by atoms with van der Waals surface area (Å²) in [6.07, 6.45) is -0.188. The fourth-order valence-corrected chi connectivity index (χ4v) is 3.07. The number of aliphatic hydroxyl groups excluding tert-OH is 1. The number of esters is 1. The van der Waals surface area contributed by atoms with Crippen molar-refractivity contribution in [1.29, 1.82) is 0 Å². The Hall–Kier alpha value is -1.77. The quantitative estimate of drug-likeness (QED) is 0.840. The number of methoxy groups -OCH3 is 1. The van der Waals surface area contributed by atoms with Crippen molar-refractivity contribution < 1.29 is 19.1 Å². The third kappa shape index (κ3) is 2.97. The summed E-state index contributed by atoms with van der Waals surface area (Å²) in [4.78, 5) is 14.4. The van der Waals surface area contributed by atoms with Gasteiger partial charge in [0.05, 0.1) is 24.6 Å². The van der Waals surface area contributed by atoms with Gasteiger partial charge in [-0.1, -0.05) is 6.07 Å². The minimum Gasteiger partial charge on any atom is -0.468 e. The highest BCUT2D eigenvalue weighted by Gasteiger charge is 2.37. The standard InChI is InChI=1S/C13H15N3O4S/c1-19-13(18)9-5-8(17)6-16(9)7-11-14-15-12(20-11)10-3-2-4-21-10/h2-4,8-9,17H,5-7H2,1H3. The maximum atomic E-state index is 11.7. The zero-order valence-corrected chi connectivity index (χ0v) is 12.2. The monoisotopic (exact) mass is 309 g/mol. The molecule has 3 rings (SSSR count). The van der Waals surface area contributed by atoms with Crippen LogP contribution in [0.5, 0.6) is 0 Å². The molecule has 1 saturated heterocycles. The normalized spacial score (nSPS) is 22.6. The molecule has 0 radical (unpaired) electrons. The lowest BCUT2D eigenvalue weighted by Crippen LogP contribution is -2.36. The number of ether oxygens (including phenoxy) is 1. The molecular weight excluding hydrogens is 294 g/mol. The van der Waals surface area contributed by atoms with Crippen LogP contribution in [0.2, 0.25) is 0 Å². The van der Waals surface area contributed by atoms with E-state index < -0.39 is 12.1 Å². The van der Waals surface area contributed by atoms with Crippen LogP contribution >= 0.6 is 11.3 Å². The fraction of sp³-hybridized carbons (Fsp3) is 0.462. The average Bonchev–Trinajstić information content (AvgIpc) is 3.18. The van der Waals surface area contributed by atoms with E-state index in [0.717, 1.165) is 4.88 Å². The van der Waals surface area contributed by atoms with E-state index in [1.807, 2.05) is 17.5 Å². The lowest BCUT2D eigenvalue weighted by atomic mass is 10.2. The largest absolute Gasteiger partial charge is 0.468 e. The van der Waals surface area contributed by atoms with Gasteiger partial charge in [-0.3, -0.25) is 9.69 Å². The highest BCUT2D eigenvalue weighted by atomic mass is 32.1. The van der Waals surface area contributed by atoms with Gasteiger partial charge in [-0.15, -0.1) is 21.5 Å². The van der Waals surface area contributed by atoms with Crippen LogP contribution in [0.25, 0.3) is 10.8 Å². The van der Waals surface area contributed by atoms with E-state index in [1.165, 1.54) is 18.4 Å². The van der Waals surface area contributed by atoms with E-state index in [4.69, 9.17) is 9.15 Å². The molecule has 2 unspecified atom stereocenters. The van der Waals surface area contributed by atoms with E-state index in [-0.39, 0.29) is 5.97 Å². The van der Waals surface area contributed by atoms with Crippen molar-refractivity contribution in [3.05, 3.63) is 23.4 Å². The SMILES string of the molecule is COC(=O)C1CC(O)CN1Cc1nnc(-c2cccs2)o1. The Bertz CT molecular complexity index is 613. The molecule has 0 amide bonds. The predicted octanol–water partition coefficient (Wildman–Crippen LogP) is 0.906. The van der Waals surface area contributed by atoms with Crippen LogP contribution in [0.3, 0.4) is 0 Å². The maximum absolute atomic E-state index is 11.7. The van der Waals surface area contributed by atoms with E-state index in [1.54, 1.807) is 4.90 Å². The molecule has 7 nitrogen and oxygen atoms in total. The zero-order valence-electron chi connectivity index (χ0n) is 11.4. The second kappa shape index (κ2) is 5.92. The van der Waals surface area contributed by atoms with E-state index in [9.17, 15) is 9.90 Å². The minimum atomic E-state index is -0.547. The molecule has 112 valence electrons. The summed E-state index contributed by atoms with van der Waals surface area (Å²) in [5.74, 6) is 0.528. The molecule has 0 spiro atoms. The van der Waals surface area contributed by atoms with Gasteiger partial charge in [0.25, 0.3) is 5.89 Å². The molecule has 2 aromatic heterocycles. The third-order valence-corrected chi connectivity index (χ3v) is 4.25. The van der Waals surface area contributed by atoms with Gasteiger partial charge in [0.15, 0.2) is 0 Å². The number of aliphatic hydroxyl groups is 1. The summed E-state index contributed by atoms with van der Waals surface area (Å²) in [6.45, 7) is 0.700. The predicted molar refractivity (Wildman–Crippen MR) is 74.4 cm³/mol. The van der Waals surface area contributed by atoms with Crippen LogP contribution < -0.4 is 0 Å². The Balaban J connectivity index is 1.72. The van der Waals surface area contributed by atoms with Crippen LogP contribution in [0, 0.1) is 0 Å². The second-order valence-corrected chi connectivity index (χ2v) is 5.78. The molecule has 21 heavy (non-hydrogen) atoms. The molecule has 1 aliphatic rings. The molecular formula is C13H15N3O4S. The summed E-state index contributed by atoms with van der Waals surface area (Å²) in [7, 11) is 1.34. The van der Waals surface area contributed by atoms with Crippen LogP contribution in [0.15, 0.2) is 21.9 Å². The van der Waals surface area contributed by atoms with Crippen molar-refractivity contribution in [3.63, 3.8) is 0 Å². The average molecular weight is 309 g/mol. The molecule has 0 saturated carbocycles. The molecule has 0 aromatic carbocycles. The number of hydrogen-bond acceptors (Lipinski definition) is 8. The summed E-state index contributed by atoms with van der Waals surface area (Å²) < 4.78 is 10.4. The highest BCUT2D eigenvalue weighted by molar-refractivity contribution is 7.13. The lowest BCUT2D eigenvalue weighted by Gasteiger charge is -2.19. The molecule has 0 aliphatic carbocycles. The van der Waals surface area contributed by atoms with Gasteiger partial charge >= 0.3 is 5.97 Å². The Morgan fingerprint density at radius 2 is 2.48 bits per heavy atom. The van der Waals surface area contributed by atoms with Gasteiger partial charge in [0.2, 0.25) is 5.89 Å². The van der Waals surface area contributed by atoms with Gasteiger partial charge in [-0.25, -0.2) is 0 Å². The maximum Gasteiger partial charge on any atom is 0.323 e. The first kappa shape index (κ1) is 14.2. The molecule has 1 fully saturated rings. The number of β-amino-alcohol motifs (C(OH)–C–C–N with tert-alkyl or cyclic N) is 1. The number of aromatic nitrogens is 2. The number of thiophene rings is 1. The van der Waals surface area contributed by atoms with E-state index in [2.05, 4.69) is 10.2 Å². The van der Waals surface area contributed by atoms with Crippen molar-refractivity contribution in [2.75, 3.05) is 13.7 Å². The summed E-state index contributed by atoms with van der Waals surface area (Å²) in [5.41, 5.74) is 0. The number of carbonyl (C=O) groups is 1. The summed E-state index contributed by atoms with van der Waals surface area (Å²) >= 11 is 1.52. The topological polar surface area (TPSA) is 88.7 Å². The molecule has 0 bridgehead atoms. The Labute approximate surface area is 125 Å². The van der Waals surface area contributed by atoms with Gasteiger partial charge in [0.1, 0.15) is 6.04 Å². The van der Waals surface area contributed by atoms with Crippen molar-refractivity contribution >= 4 is 17.3 Å². The smallest absolute Gasteiger partial charge is 0.323 e. The first-order valence-electron chi connectivity index (χ1n) is 6.53. The third-order valence-electron chi connectivity index (χ3n) is 3.39. The first-order valence-corrected chi connectivity index (χ1v) is 7.41. The van der Waals surface area contributed by atoms with Crippen LogP contribution in [-0.2, 0) is 16.1 Å². The van der Waals surface area contributed by atoms with Crippen molar-refractivity contribution in [2.45, 2.75) is 25.1 Å². The van der Waals surface area contributed by atoms with Crippen molar-refractivity contribution in [2.24, 2.45) is 0 Å². The minimum absolute atomic E-state index is 0.315. The fourth-order valence-electron chi connectivity index (χ4n) is 2.43. The van der Waals surface area contributed by atoms with Crippen LogP contribution in [0.4, 0.5) is 0 Å². The van der Waals surface area contributed by atoms with Crippen molar-refractivity contribution in [1.82, 2.24) is 15.1 Å². The van der Waals surface area contributed by atoms with Gasteiger partial charge < -0.3 is 14.3 Å². The molecule has 2 aromatic rings. The molecule has 3 heterocycles. The van der Waals surface area contributed by atoms with Crippen molar-refractivity contribution in [3.8, 4) is 10.8 Å². The van der Waals surface area contributed by atoms with Gasteiger partial charge in [-0.2, -0.15) is 0 Å². The number of likely N-dealkylation sites (tertiary alicyclic amines) is 1. The highest BCUT2D eigenvalue weighted by Crippen LogP contribution is 2.25. The van der Waals surface area contributed by atoms with Crippen LogP contribution in [-0.4, -0.2) is 52.0 Å². The van der Waals surface area contributed by atoms with Gasteiger partial charge in [0, 0.05) is 13.0 Å². The van der Waals surface area contributed by atoms with E-state index in [0.29, 0.717) is 31.3 Å². The summed E-state index contributed by atoms with van der Waals surface area (Å²) in [5, 5.41) is 19.7. The number of rotatable bonds is 4. The van der Waals surface area contributed by atoms with Gasteiger partial charge in [-0.05, 0) is 11.4 Å². The molecule has 1 N–H and O–H groups in total. The number of nitrogens with zero attached hydrogens (tertiary/aromatic N) is 3. The Kier molecular flexibility index (Phi) is 4.00. The molecule has 2 atom stereocenters. The number of carbonyl (C=O) groups excluding carboxylic acids is 1. The summed E-state index contributed by atoms with van der Waals surface area (Å²) in [6, 6.07) is 3.34. The zero-order chi connectivity index (χ0) is 14.8. The molecule has 8 heteroatoms.